The highest BCUT2D eigenvalue weighted by Gasteiger charge is 2.29. The lowest BCUT2D eigenvalue weighted by molar-refractivity contribution is 0.0875. The average molecular weight is 329 g/mol. The summed E-state index contributed by atoms with van der Waals surface area (Å²) in [6.07, 6.45) is 5.74. The van der Waals surface area contributed by atoms with Crippen molar-refractivity contribution in [1.29, 1.82) is 0 Å². The first-order valence-electron chi connectivity index (χ1n) is 8.85. The summed E-state index contributed by atoms with van der Waals surface area (Å²) in [5, 5.41) is 17.5. The van der Waals surface area contributed by atoms with Gasteiger partial charge in [0.1, 0.15) is 0 Å². The Kier molecular flexibility index (Phi) is 4.00. The predicted octanol–water partition coefficient (Wildman–Crippen LogP) is 2.69. The van der Waals surface area contributed by atoms with Crippen molar-refractivity contribution in [3.05, 3.63) is 23.0 Å². The van der Waals surface area contributed by atoms with E-state index in [4.69, 9.17) is 4.52 Å². The highest BCUT2D eigenvalue weighted by Crippen LogP contribution is 2.40. The molecule has 128 valence electrons. The minimum Gasteiger partial charge on any atom is -0.393 e. The van der Waals surface area contributed by atoms with Gasteiger partial charge in [0.2, 0.25) is 0 Å². The number of pyridine rings is 1. The van der Waals surface area contributed by atoms with Crippen LogP contribution in [0.2, 0.25) is 0 Å². The molecule has 6 heteroatoms. The first kappa shape index (κ1) is 15.6. The molecule has 2 atom stereocenters. The Labute approximate surface area is 140 Å². The van der Waals surface area contributed by atoms with Crippen LogP contribution in [0.3, 0.4) is 0 Å². The van der Waals surface area contributed by atoms with E-state index in [2.05, 4.69) is 15.5 Å². The molecule has 0 aliphatic heterocycles. The second-order valence-corrected chi connectivity index (χ2v) is 7.21. The highest BCUT2D eigenvalue weighted by atomic mass is 16.5. The number of aryl methyl sites for hydroxylation is 1. The molecular formula is C18H23N3O3. The quantitative estimate of drug-likeness (QED) is 0.900. The summed E-state index contributed by atoms with van der Waals surface area (Å²) < 4.78 is 5.29. The van der Waals surface area contributed by atoms with Gasteiger partial charge in [0.15, 0.2) is 0 Å². The Morgan fingerprint density at radius 3 is 2.96 bits per heavy atom. The summed E-state index contributed by atoms with van der Waals surface area (Å²) in [6.45, 7) is 2.43. The van der Waals surface area contributed by atoms with Crippen LogP contribution in [0.15, 0.2) is 10.6 Å². The number of aromatic nitrogens is 2. The number of carbonyl (C=O) groups excluding carboxylic acids is 1. The third-order valence-electron chi connectivity index (χ3n) is 5.18. The van der Waals surface area contributed by atoms with E-state index in [9.17, 15) is 9.90 Å². The van der Waals surface area contributed by atoms with Crippen LogP contribution in [0.4, 0.5) is 0 Å². The summed E-state index contributed by atoms with van der Waals surface area (Å²) in [6, 6.07) is 1.90. The number of aliphatic hydroxyl groups excluding tert-OH is 1. The van der Waals surface area contributed by atoms with Crippen LogP contribution in [-0.2, 0) is 0 Å². The van der Waals surface area contributed by atoms with E-state index in [-0.39, 0.29) is 12.0 Å². The maximum Gasteiger partial charge on any atom is 0.259 e. The van der Waals surface area contributed by atoms with Gasteiger partial charge in [0.25, 0.3) is 11.6 Å². The van der Waals surface area contributed by atoms with Crippen molar-refractivity contribution >= 4 is 17.0 Å². The van der Waals surface area contributed by atoms with E-state index in [1.54, 1.807) is 0 Å². The lowest BCUT2D eigenvalue weighted by Crippen LogP contribution is -2.33. The molecule has 2 aliphatic carbocycles. The Morgan fingerprint density at radius 2 is 2.21 bits per heavy atom. The Hall–Kier alpha value is -1.95. The number of hydrogen-bond donors (Lipinski definition) is 2. The van der Waals surface area contributed by atoms with Gasteiger partial charge in [0, 0.05) is 18.2 Å². The van der Waals surface area contributed by atoms with E-state index < -0.39 is 0 Å². The molecule has 1 amide bonds. The first-order valence-corrected chi connectivity index (χ1v) is 8.85. The molecule has 0 radical (unpaired) electrons. The number of fused-ring (bicyclic) bond motifs is 1. The molecule has 24 heavy (non-hydrogen) atoms. The van der Waals surface area contributed by atoms with Crippen LogP contribution in [0.1, 0.15) is 66.2 Å². The maximum absolute atomic E-state index is 12.8. The molecule has 2 unspecified atom stereocenters. The van der Waals surface area contributed by atoms with Crippen LogP contribution < -0.4 is 5.32 Å². The van der Waals surface area contributed by atoms with Gasteiger partial charge < -0.3 is 14.9 Å². The van der Waals surface area contributed by atoms with E-state index in [1.165, 1.54) is 0 Å². The van der Waals surface area contributed by atoms with Crippen molar-refractivity contribution in [3.63, 3.8) is 0 Å². The smallest absolute Gasteiger partial charge is 0.259 e. The van der Waals surface area contributed by atoms with Crippen molar-refractivity contribution < 1.29 is 14.4 Å². The fourth-order valence-electron chi connectivity index (χ4n) is 3.66. The van der Waals surface area contributed by atoms with Crippen LogP contribution >= 0.6 is 0 Å². The molecule has 6 nitrogen and oxygen atoms in total. The largest absolute Gasteiger partial charge is 0.393 e. The first-order chi connectivity index (χ1) is 11.6. The maximum atomic E-state index is 12.8. The topological polar surface area (TPSA) is 88.2 Å². The molecule has 0 saturated heterocycles. The van der Waals surface area contributed by atoms with Crippen molar-refractivity contribution in [2.24, 2.45) is 5.92 Å². The van der Waals surface area contributed by atoms with Gasteiger partial charge in [-0.25, -0.2) is 4.98 Å². The molecule has 2 aromatic heterocycles. The van der Waals surface area contributed by atoms with Crippen LogP contribution in [0.25, 0.3) is 11.1 Å². The fraction of sp³-hybridized carbons (Fsp3) is 0.611. The number of carbonyl (C=O) groups is 1. The van der Waals surface area contributed by atoms with Crippen molar-refractivity contribution in [2.75, 3.05) is 6.54 Å². The predicted molar refractivity (Wildman–Crippen MR) is 88.8 cm³/mol. The second-order valence-electron chi connectivity index (χ2n) is 7.21. The van der Waals surface area contributed by atoms with Gasteiger partial charge in [-0.15, -0.1) is 0 Å². The number of aliphatic hydroxyl groups is 1. The zero-order chi connectivity index (χ0) is 16.7. The van der Waals surface area contributed by atoms with Crippen molar-refractivity contribution in [3.8, 4) is 0 Å². The molecule has 2 N–H and O–H groups in total. The minimum atomic E-state index is -0.227. The lowest BCUT2D eigenvalue weighted by atomic mass is 9.87. The third-order valence-corrected chi connectivity index (χ3v) is 5.18. The van der Waals surface area contributed by atoms with Gasteiger partial charge in [0.05, 0.1) is 22.7 Å². The summed E-state index contributed by atoms with van der Waals surface area (Å²) in [7, 11) is 0. The fourth-order valence-corrected chi connectivity index (χ4v) is 3.66. The van der Waals surface area contributed by atoms with Crippen LogP contribution in [-0.4, -0.2) is 33.8 Å². The monoisotopic (exact) mass is 329 g/mol. The molecule has 0 aromatic carbocycles. The Bertz CT molecular complexity index is 766. The summed E-state index contributed by atoms with van der Waals surface area (Å²) in [5.41, 5.74) is 2.68. The number of hydrogen-bond acceptors (Lipinski definition) is 5. The average Bonchev–Trinajstić information content (AvgIpc) is 3.36. The molecular weight excluding hydrogens is 306 g/mol. The summed E-state index contributed by atoms with van der Waals surface area (Å²) in [5.74, 6) is 0.692. The van der Waals surface area contributed by atoms with Crippen molar-refractivity contribution in [1.82, 2.24) is 15.5 Å². The van der Waals surface area contributed by atoms with Gasteiger partial charge in [-0.2, -0.15) is 0 Å². The van der Waals surface area contributed by atoms with Crippen LogP contribution in [0.5, 0.6) is 0 Å². The van der Waals surface area contributed by atoms with Gasteiger partial charge in [-0.3, -0.25) is 4.79 Å². The molecule has 4 rings (SSSR count). The molecule has 0 spiro atoms. The van der Waals surface area contributed by atoms with Crippen LogP contribution in [0, 0.1) is 12.8 Å². The molecule has 0 bridgehead atoms. The SMILES string of the molecule is Cc1noc2nc(C3CC3)cc(C(=O)NCC3CCCC(O)C3)c12. The zero-order valence-electron chi connectivity index (χ0n) is 13.9. The number of nitrogens with one attached hydrogen (secondary N) is 1. The number of rotatable bonds is 4. The third kappa shape index (κ3) is 3.02. The van der Waals surface area contributed by atoms with E-state index in [0.29, 0.717) is 40.7 Å². The molecule has 2 heterocycles. The van der Waals surface area contributed by atoms with E-state index in [0.717, 1.165) is 44.2 Å². The second kappa shape index (κ2) is 6.16. The molecule has 2 fully saturated rings. The van der Waals surface area contributed by atoms with Crippen molar-refractivity contribution in [2.45, 2.75) is 57.5 Å². The highest BCUT2D eigenvalue weighted by molar-refractivity contribution is 6.06. The Balaban J connectivity index is 1.55. The summed E-state index contributed by atoms with van der Waals surface area (Å²) in [4.78, 5) is 17.3. The van der Waals surface area contributed by atoms with E-state index in [1.807, 2.05) is 13.0 Å². The standard InChI is InChI=1S/C18H23N3O3/c1-10-16-14(8-15(12-5-6-12)20-18(16)24-21-10)17(23)19-9-11-3-2-4-13(22)7-11/h8,11-13,22H,2-7,9H2,1H3,(H,19,23). The molecule has 2 saturated carbocycles. The van der Waals surface area contributed by atoms with E-state index >= 15 is 0 Å². The minimum absolute atomic E-state index is 0.101. The zero-order valence-corrected chi connectivity index (χ0v) is 13.9. The normalized spacial score (nSPS) is 24.2. The molecule has 2 aliphatic rings. The van der Waals surface area contributed by atoms with Gasteiger partial charge in [-0.05, 0) is 51.0 Å². The number of amides is 1. The van der Waals surface area contributed by atoms with Gasteiger partial charge >= 0.3 is 0 Å². The summed E-state index contributed by atoms with van der Waals surface area (Å²) >= 11 is 0. The van der Waals surface area contributed by atoms with Gasteiger partial charge in [-0.1, -0.05) is 11.6 Å². The molecule has 2 aromatic rings. The lowest BCUT2D eigenvalue weighted by Gasteiger charge is -2.25. The number of nitrogens with zero attached hydrogens (tertiary/aromatic N) is 2. The Morgan fingerprint density at radius 1 is 1.38 bits per heavy atom.